The molecule has 0 bridgehead atoms. The lowest BCUT2D eigenvalue weighted by Crippen LogP contribution is -2.25. The molecular weight excluding hydrogens is 298 g/mol. The highest BCUT2D eigenvalue weighted by Gasteiger charge is 2.07. The summed E-state index contributed by atoms with van der Waals surface area (Å²) in [6, 6.07) is 5.50. The molecule has 0 aliphatic heterocycles. The molecule has 1 heterocycles. The Morgan fingerprint density at radius 1 is 1.50 bits per heavy atom. The van der Waals surface area contributed by atoms with Gasteiger partial charge in [0.2, 0.25) is 6.39 Å². The zero-order chi connectivity index (χ0) is 13.0. The summed E-state index contributed by atoms with van der Waals surface area (Å²) in [7, 11) is 0. The maximum absolute atomic E-state index is 11.8. The van der Waals surface area contributed by atoms with Gasteiger partial charge >= 0.3 is 0 Å². The van der Waals surface area contributed by atoms with E-state index in [-0.39, 0.29) is 5.91 Å². The van der Waals surface area contributed by atoms with Gasteiger partial charge in [-0.1, -0.05) is 27.2 Å². The Labute approximate surface area is 113 Å². The van der Waals surface area contributed by atoms with E-state index in [0.29, 0.717) is 24.4 Å². The Hall–Kier alpha value is -1.69. The van der Waals surface area contributed by atoms with Crippen LogP contribution in [-0.2, 0) is 6.42 Å². The van der Waals surface area contributed by atoms with E-state index in [2.05, 4.69) is 35.9 Å². The third-order valence-corrected chi connectivity index (χ3v) is 3.33. The summed E-state index contributed by atoms with van der Waals surface area (Å²) in [5, 5.41) is 6.47. The number of nitrogens with one attached hydrogen (secondary N) is 1. The number of hydrogen-bond acceptors (Lipinski definition) is 4. The van der Waals surface area contributed by atoms with Gasteiger partial charge < -0.3 is 9.84 Å². The Morgan fingerprint density at radius 3 is 3.00 bits per heavy atom. The minimum absolute atomic E-state index is 0.112. The van der Waals surface area contributed by atoms with Crippen molar-refractivity contribution in [2.75, 3.05) is 6.54 Å². The number of nitrogens with zero attached hydrogens (tertiary/aromatic N) is 2. The topological polar surface area (TPSA) is 68.0 Å². The zero-order valence-electron chi connectivity index (χ0n) is 9.81. The van der Waals surface area contributed by atoms with Gasteiger partial charge in [-0.05, 0) is 24.6 Å². The summed E-state index contributed by atoms with van der Waals surface area (Å²) in [6.45, 7) is 2.45. The molecule has 2 rings (SSSR count). The minimum Gasteiger partial charge on any atom is -0.352 e. The summed E-state index contributed by atoms with van der Waals surface area (Å²) in [5.41, 5.74) is 1.72. The number of rotatable bonds is 4. The minimum atomic E-state index is -0.112. The molecule has 0 fully saturated rings. The normalized spacial score (nSPS) is 10.3. The van der Waals surface area contributed by atoms with E-state index in [9.17, 15) is 4.79 Å². The number of carbonyl (C=O) groups excluding carboxylic acids is 1. The van der Waals surface area contributed by atoms with Crippen LogP contribution in [0.25, 0.3) is 0 Å². The second-order valence-electron chi connectivity index (χ2n) is 3.82. The smallest absolute Gasteiger partial charge is 0.251 e. The van der Waals surface area contributed by atoms with Crippen LogP contribution in [0, 0.1) is 6.92 Å². The van der Waals surface area contributed by atoms with E-state index < -0.39 is 0 Å². The second-order valence-corrected chi connectivity index (χ2v) is 4.67. The molecule has 0 saturated carbocycles. The predicted molar refractivity (Wildman–Crippen MR) is 69.2 cm³/mol. The molecule has 1 aromatic heterocycles. The fourth-order valence-electron chi connectivity index (χ4n) is 1.43. The molecule has 1 N–H and O–H groups in total. The molecule has 0 aliphatic rings. The first kappa shape index (κ1) is 12.8. The van der Waals surface area contributed by atoms with Crippen molar-refractivity contribution in [2.45, 2.75) is 13.3 Å². The van der Waals surface area contributed by atoms with Crippen molar-refractivity contribution < 1.29 is 9.32 Å². The quantitative estimate of drug-likeness (QED) is 0.939. The number of amides is 1. The molecule has 0 radical (unpaired) electrons. The first-order valence-corrected chi connectivity index (χ1v) is 6.25. The van der Waals surface area contributed by atoms with Crippen LogP contribution in [-0.4, -0.2) is 22.6 Å². The molecule has 2 aromatic rings. The molecule has 5 nitrogen and oxygen atoms in total. The molecule has 0 spiro atoms. The monoisotopic (exact) mass is 309 g/mol. The summed E-state index contributed by atoms with van der Waals surface area (Å²) in [4.78, 5) is 15.7. The number of halogens is 1. The summed E-state index contributed by atoms with van der Waals surface area (Å²) >= 11 is 3.40. The number of carbonyl (C=O) groups is 1. The number of aryl methyl sites for hydroxylation is 1. The van der Waals surface area contributed by atoms with Gasteiger partial charge in [0.1, 0.15) is 0 Å². The van der Waals surface area contributed by atoms with Crippen LogP contribution in [0.15, 0.2) is 33.6 Å². The molecular formula is C12H12BrN3O2. The molecule has 18 heavy (non-hydrogen) atoms. The molecule has 0 aliphatic carbocycles. The van der Waals surface area contributed by atoms with Crippen LogP contribution in [0.2, 0.25) is 0 Å². The van der Waals surface area contributed by atoms with Crippen molar-refractivity contribution in [3.63, 3.8) is 0 Å². The molecule has 1 amide bonds. The van der Waals surface area contributed by atoms with Crippen LogP contribution in [0.1, 0.15) is 21.7 Å². The Kier molecular flexibility index (Phi) is 4.09. The van der Waals surface area contributed by atoms with Crippen LogP contribution >= 0.6 is 15.9 Å². The largest absolute Gasteiger partial charge is 0.352 e. The van der Waals surface area contributed by atoms with Gasteiger partial charge in [-0.15, -0.1) is 0 Å². The first-order chi connectivity index (χ1) is 8.66. The Morgan fingerprint density at radius 2 is 2.33 bits per heavy atom. The van der Waals surface area contributed by atoms with E-state index in [1.54, 1.807) is 12.1 Å². The number of benzene rings is 1. The van der Waals surface area contributed by atoms with Crippen molar-refractivity contribution in [1.82, 2.24) is 15.5 Å². The Balaban J connectivity index is 1.89. The van der Waals surface area contributed by atoms with Crippen molar-refractivity contribution in [1.29, 1.82) is 0 Å². The van der Waals surface area contributed by atoms with Crippen LogP contribution < -0.4 is 5.32 Å². The highest BCUT2D eigenvalue weighted by atomic mass is 79.9. The van der Waals surface area contributed by atoms with E-state index in [0.717, 1.165) is 10.0 Å². The van der Waals surface area contributed by atoms with Crippen molar-refractivity contribution >= 4 is 21.8 Å². The molecule has 94 valence electrons. The fourth-order valence-corrected chi connectivity index (χ4v) is 1.81. The number of aromatic nitrogens is 2. The third kappa shape index (κ3) is 3.16. The molecule has 0 unspecified atom stereocenters. The lowest BCUT2D eigenvalue weighted by atomic mass is 10.1. The van der Waals surface area contributed by atoms with Gasteiger partial charge in [0.05, 0.1) is 0 Å². The van der Waals surface area contributed by atoms with Crippen molar-refractivity contribution in [3.8, 4) is 0 Å². The molecule has 1 aromatic carbocycles. The maximum Gasteiger partial charge on any atom is 0.251 e. The predicted octanol–water partition coefficient (Wildman–Crippen LogP) is 2.11. The third-order valence-electron chi connectivity index (χ3n) is 2.48. The highest BCUT2D eigenvalue weighted by Crippen LogP contribution is 2.17. The zero-order valence-corrected chi connectivity index (χ0v) is 11.4. The maximum atomic E-state index is 11.8. The summed E-state index contributed by atoms with van der Waals surface area (Å²) in [6.07, 6.45) is 1.82. The van der Waals surface area contributed by atoms with Gasteiger partial charge in [0.25, 0.3) is 5.91 Å². The van der Waals surface area contributed by atoms with Gasteiger partial charge in [0.15, 0.2) is 5.82 Å². The Bertz CT molecular complexity index is 540. The lowest BCUT2D eigenvalue weighted by Gasteiger charge is -2.05. The van der Waals surface area contributed by atoms with Crippen molar-refractivity contribution in [2.24, 2.45) is 0 Å². The van der Waals surface area contributed by atoms with E-state index in [4.69, 9.17) is 0 Å². The molecule has 0 saturated heterocycles. The van der Waals surface area contributed by atoms with Crippen molar-refractivity contribution in [3.05, 3.63) is 46.0 Å². The first-order valence-electron chi connectivity index (χ1n) is 5.46. The fraction of sp³-hybridized carbons (Fsp3) is 0.250. The van der Waals surface area contributed by atoms with Crippen LogP contribution in [0.4, 0.5) is 0 Å². The van der Waals surface area contributed by atoms with E-state index in [1.165, 1.54) is 6.39 Å². The lowest BCUT2D eigenvalue weighted by molar-refractivity contribution is 0.0954. The molecule has 0 atom stereocenters. The standard InChI is InChI=1S/C12H12BrN3O2/c1-8-2-3-9(6-10(8)13)12(17)14-5-4-11-15-7-18-16-11/h2-3,6-7H,4-5H2,1H3,(H,14,17). The summed E-state index contributed by atoms with van der Waals surface area (Å²) < 4.78 is 5.53. The van der Waals surface area contributed by atoms with E-state index >= 15 is 0 Å². The van der Waals surface area contributed by atoms with E-state index in [1.807, 2.05) is 13.0 Å². The molecule has 6 heteroatoms. The highest BCUT2D eigenvalue weighted by molar-refractivity contribution is 9.10. The van der Waals surface area contributed by atoms with Gasteiger partial charge in [-0.25, -0.2) is 0 Å². The summed E-state index contributed by atoms with van der Waals surface area (Å²) in [5.74, 6) is 0.472. The van der Waals surface area contributed by atoms with Gasteiger partial charge in [-0.2, -0.15) is 4.98 Å². The van der Waals surface area contributed by atoms with Crippen LogP contribution in [0.3, 0.4) is 0 Å². The number of hydrogen-bond donors (Lipinski definition) is 1. The average Bonchev–Trinajstić information content (AvgIpc) is 2.85. The van der Waals surface area contributed by atoms with Gasteiger partial charge in [0, 0.05) is 23.0 Å². The second kappa shape index (κ2) is 5.77. The van der Waals surface area contributed by atoms with Gasteiger partial charge in [-0.3, -0.25) is 4.79 Å². The van der Waals surface area contributed by atoms with Crippen LogP contribution in [0.5, 0.6) is 0 Å². The SMILES string of the molecule is Cc1ccc(C(=O)NCCc2ncon2)cc1Br. The average molecular weight is 310 g/mol.